The normalized spacial score (nSPS) is 16.7. The van der Waals surface area contributed by atoms with Gasteiger partial charge in [-0.15, -0.1) is 0 Å². The Kier molecular flexibility index (Phi) is 3.75. The molecule has 4 nitrogen and oxygen atoms in total. The highest BCUT2D eigenvalue weighted by atomic mass is 16.2. The number of piperidine rings is 1. The van der Waals surface area contributed by atoms with E-state index in [1.165, 1.54) is 5.69 Å². The molecule has 1 heterocycles. The van der Waals surface area contributed by atoms with E-state index in [0.29, 0.717) is 0 Å². The van der Waals surface area contributed by atoms with Crippen LogP contribution in [-0.2, 0) is 4.79 Å². The first kappa shape index (κ1) is 12.7. The Balaban J connectivity index is 1.94. The zero-order valence-electron chi connectivity index (χ0n) is 11.1. The average Bonchev–Trinajstić information content (AvgIpc) is 2.39. The lowest BCUT2D eigenvalue weighted by molar-refractivity contribution is -0.133. The SMILES string of the molecule is CN(C)C(=O)C1CCN(c2ccc(N)cc2)CC1. The summed E-state index contributed by atoms with van der Waals surface area (Å²) in [5.41, 5.74) is 7.67. The van der Waals surface area contributed by atoms with Gasteiger partial charge >= 0.3 is 0 Å². The van der Waals surface area contributed by atoms with Crippen molar-refractivity contribution in [2.24, 2.45) is 5.92 Å². The fourth-order valence-corrected chi connectivity index (χ4v) is 2.43. The van der Waals surface area contributed by atoms with Gasteiger partial charge in [0.1, 0.15) is 0 Å². The van der Waals surface area contributed by atoms with Crippen molar-refractivity contribution in [1.82, 2.24) is 4.90 Å². The molecule has 2 N–H and O–H groups in total. The maximum atomic E-state index is 11.9. The molecule has 0 bridgehead atoms. The van der Waals surface area contributed by atoms with Crippen molar-refractivity contribution in [2.45, 2.75) is 12.8 Å². The zero-order valence-corrected chi connectivity index (χ0v) is 11.1. The predicted molar refractivity (Wildman–Crippen MR) is 74.5 cm³/mol. The Morgan fingerprint density at radius 3 is 2.28 bits per heavy atom. The van der Waals surface area contributed by atoms with Crippen LogP contribution in [0.4, 0.5) is 11.4 Å². The number of nitrogen functional groups attached to an aromatic ring is 1. The van der Waals surface area contributed by atoms with Gasteiger partial charge in [-0.1, -0.05) is 0 Å². The lowest BCUT2D eigenvalue weighted by Gasteiger charge is -2.34. The topological polar surface area (TPSA) is 49.6 Å². The maximum Gasteiger partial charge on any atom is 0.225 e. The first-order valence-corrected chi connectivity index (χ1v) is 6.39. The van der Waals surface area contributed by atoms with E-state index in [4.69, 9.17) is 5.73 Å². The van der Waals surface area contributed by atoms with Crippen LogP contribution in [0.5, 0.6) is 0 Å². The largest absolute Gasteiger partial charge is 0.399 e. The average molecular weight is 247 g/mol. The fourth-order valence-electron chi connectivity index (χ4n) is 2.43. The molecule has 1 aliphatic heterocycles. The number of nitrogens with zero attached hydrogens (tertiary/aromatic N) is 2. The first-order chi connectivity index (χ1) is 8.58. The van der Waals surface area contributed by atoms with Gasteiger partial charge in [-0.25, -0.2) is 0 Å². The van der Waals surface area contributed by atoms with E-state index in [-0.39, 0.29) is 11.8 Å². The predicted octanol–water partition coefficient (Wildman–Crippen LogP) is 1.57. The number of benzene rings is 1. The van der Waals surface area contributed by atoms with Crippen LogP contribution >= 0.6 is 0 Å². The monoisotopic (exact) mass is 247 g/mol. The molecule has 1 saturated heterocycles. The lowest BCUT2D eigenvalue weighted by atomic mass is 9.95. The number of carbonyl (C=O) groups excluding carboxylic acids is 1. The summed E-state index contributed by atoms with van der Waals surface area (Å²) in [6, 6.07) is 7.94. The van der Waals surface area contributed by atoms with Gasteiger partial charge in [0, 0.05) is 44.5 Å². The molecular formula is C14H21N3O. The molecule has 18 heavy (non-hydrogen) atoms. The minimum absolute atomic E-state index is 0.185. The van der Waals surface area contributed by atoms with Crippen molar-refractivity contribution >= 4 is 17.3 Å². The molecule has 0 radical (unpaired) electrons. The van der Waals surface area contributed by atoms with Gasteiger partial charge in [0.2, 0.25) is 5.91 Å². The molecule has 1 aromatic carbocycles. The van der Waals surface area contributed by atoms with Crippen molar-refractivity contribution in [3.8, 4) is 0 Å². The number of carbonyl (C=O) groups is 1. The first-order valence-electron chi connectivity index (χ1n) is 6.39. The Morgan fingerprint density at radius 2 is 1.78 bits per heavy atom. The summed E-state index contributed by atoms with van der Waals surface area (Å²) < 4.78 is 0. The number of hydrogen-bond donors (Lipinski definition) is 1. The summed E-state index contributed by atoms with van der Waals surface area (Å²) in [5, 5.41) is 0. The highest BCUT2D eigenvalue weighted by Gasteiger charge is 2.25. The van der Waals surface area contributed by atoms with Gasteiger partial charge < -0.3 is 15.5 Å². The van der Waals surface area contributed by atoms with E-state index in [0.717, 1.165) is 31.6 Å². The fraction of sp³-hybridized carbons (Fsp3) is 0.500. The van der Waals surface area contributed by atoms with E-state index in [1.807, 2.05) is 38.4 Å². The van der Waals surface area contributed by atoms with Crippen molar-refractivity contribution < 1.29 is 4.79 Å². The maximum absolute atomic E-state index is 11.9. The molecule has 4 heteroatoms. The number of anilines is 2. The van der Waals surface area contributed by atoms with Crippen molar-refractivity contribution in [3.05, 3.63) is 24.3 Å². The van der Waals surface area contributed by atoms with E-state index < -0.39 is 0 Å². The molecule has 1 amide bonds. The highest BCUT2D eigenvalue weighted by molar-refractivity contribution is 5.78. The van der Waals surface area contributed by atoms with Gasteiger partial charge in [0.15, 0.2) is 0 Å². The molecule has 1 aromatic rings. The van der Waals surface area contributed by atoms with Crippen molar-refractivity contribution in [3.63, 3.8) is 0 Å². The summed E-state index contributed by atoms with van der Waals surface area (Å²) in [4.78, 5) is 15.9. The van der Waals surface area contributed by atoms with Crippen LogP contribution in [0.15, 0.2) is 24.3 Å². The molecule has 0 unspecified atom stereocenters. The lowest BCUT2D eigenvalue weighted by Crippen LogP contribution is -2.40. The van der Waals surface area contributed by atoms with Gasteiger partial charge in [0.05, 0.1) is 0 Å². The second kappa shape index (κ2) is 5.29. The van der Waals surface area contributed by atoms with Gasteiger partial charge in [-0.3, -0.25) is 4.79 Å². The van der Waals surface area contributed by atoms with Crippen LogP contribution in [-0.4, -0.2) is 38.0 Å². The molecular weight excluding hydrogens is 226 g/mol. The van der Waals surface area contributed by atoms with E-state index in [2.05, 4.69) is 4.90 Å². The molecule has 98 valence electrons. The Bertz CT molecular complexity index is 406. The molecule has 1 fully saturated rings. The van der Waals surface area contributed by atoms with Gasteiger partial charge in [-0.2, -0.15) is 0 Å². The van der Waals surface area contributed by atoms with Crippen LogP contribution in [0.3, 0.4) is 0 Å². The minimum atomic E-state index is 0.185. The third-order valence-corrected chi connectivity index (χ3v) is 3.54. The van der Waals surface area contributed by atoms with Crippen molar-refractivity contribution in [1.29, 1.82) is 0 Å². The summed E-state index contributed by atoms with van der Waals surface area (Å²) in [7, 11) is 3.66. The molecule has 0 aromatic heterocycles. The smallest absolute Gasteiger partial charge is 0.225 e. The Morgan fingerprint density at radius 1 is 1.22 bits per heavy atom. The Labute approximate surface area is 108 Å². The number of hydrogen-bond acceptors (Lipinski definition) is 3. The third kappa shape index (κ3) is 2.75. The molecule has 0 atom stereocenters. The molecule has 1 aliphatic rings. The zero-order chi connectivity index (χ0) is 13.1. The Hall–Kier alpha value is -1.71. The van der Waals surface area contributed by atoms with Gasteiger partial charge in [0.25, 0.3) is 0 Å². The van der Waals surface area contributed by atoms with Crippen LogP contribution in [0.25, 0.3) is 0 Å². The van der Waals surface area contributed by atoms with E-state index in [1.54, 1.807) is 4.90 Å². The minimum Gasteiger partial charge on any atom is -0.399 e. The van der Waals surface area contributed by atoms with Crippen LogP contribution in [0.1, 0.15) is 12.8 Å². The van der Waals surface area contributed by atoms with Gasteiger partial charge in [-0.05, 0) is 37.1 Å². The summed E-state index contributed by atoms with van der Waals surface area (Å²) in [6.07, 6.45) is 1.86. The van der Waals surface area contributed by atoms with E-state index in [9.17, 15) is 4.79 Å². The van der Waals surface area contributed by atoms with Crippen molar-refractivity contribution in [2.75, 3.05) is 37.8 Å². The van der Waals surface area contributed by atoms with Crippen LogP contribution in [0.2, 0.25) is 0 Å². The number of rotatable bonds is 2. The molecule has 0 saturated carbocycles. The summed E-state index contributed by atoms with van der Waals surface area (Å²) in [5.74, 6) is 0.442. The third-order valence-electron chi connectivity index (χ3n) is 3.54. The summed E-state index contributed by atoms with van der Waals surface area (Å²) >= 11 is 0. The molecule has 2 rings (SSSR count). The van der Waals surface area contributed by atoms with E-state index >= 15 is 0 Å². The number of nitrogens with two attached hydrogens (primary N) is 1. The van der Waals surface area contributed by atoms with Crippen LogP contribution in [0, 0.1) is 5.92 Å². The quantitative estimate of drug-likeness (QED) is 0.807. The highest BCUT2D eigenvalue weighted by Crippen LogP contribution is 2.24. The van der Waals surface area contributed by atoms with Crippen LogP contribution < -0.4 is 10.6 Å². The second-order valence-corrected chi connectivity index (χ2v) is 5.09. The molecule has 0 spiro atoms. The molecule has 0 aliphatic carbocycles. The summed E-state index contributed by atoms with van der Waals surface area (Å²) in [6.45, 7) is 1.88. The standard InChI is InChI=1S/C14H21N3O/c1-16(2)14(18)11-7-9-17(10-8-11)13-5-3-12(15)4-6-13/h3-6,11H,7-10,15H2,1-2H3. The number of amides is 1. The second-order valence-electron chi connectivity index (χ2n) is 5.09.